The predicted octanol–water partition coefficient (Wildman–Crippen LogP) is 3.46. The highest BCUT2D eigenvalue weighted by Crippen LogP contribution is 2.31. The van der Waals surface area contributed by atoms with E-state index in [4.69, 9.17) is 11.6 Å². The number of nitrogens with one attached hydrogen (secondary N) is 1. The van der Waals surface area contributed by atoms with Crippen molar-refractivity contribution >= 4 is 34.9 Å². The number of para-hydroxylation sites is 1. The molecule has 0 spiro atoms. The highest BCUT2D eigenvalue weighted by atomic mass is 35.5. The Morgan fingerprint density at radius 2 is 1.90 bits per heavy atom. The molecule has 1 aliphatic rings. The summed E-state index contributed by atoms with van der Waals surface area (Å²) in [4.78, 5) is 25.4. The molecule has 0 unspecified atom stereocenters. The second-order valence-corrected chi connectivity index (χ2v) is 4.91. The minimum atomic E-state index is -0.456. The van der Waals surface area contributed by atoms with E-state index in [0.29, 0.717) is 16.4 Å². The van der Waals surface area contributed by atoms with E-state index in [-0.39, 0.29) is 12.3 Å². The lowest BCUT2D eigenvalue weighted by Crippen LogP contribution is -2.37. The van der Waals surface area contributed by atoms with Gasteiger partial charge >= 0.3 is 6.03 Å². The molecule has 0 radical (unpaired) electrons. The van der Waals surface area contributed by atoms with Crippen molar-refractivity contribution in [3.8, 4) is 0 Å². The third-order valence-electron chi connectivity index (χ3n) is 3.10. The van der Waals surface area contributed by atoms with E-state index in [2.05, 4.69) is 5.32 Å². The minimum absolute atomic E-state index is 0.193. The van der Waals surface area contributed by atoms with E-state index in [1.807, 2.05) is 18.2 Å². The predicted molar refractivity (Wildman–Crippen MR) is 78.1 cm³/mol. The molecule has 0 aliphatic carbocycles. The Labute approximate surface area is 121 Å². The van der Waals surface area contributed by atoms with Crippen molar-refractivity contribution in [3.05, 3.63) is 59.1 Å². The van der Waals surface area contributed by atoms with E-state index in [1.54, 1.807) is 30.3 Å². The fourth-order valence-electron chi connectivity index (χ4n) is 2.21. The van der Waals surface area contributed by atoms with Crippen LogP contribution in [0, 0.1) is 0 Å². The standard InChI is InChI=1S/C15H11ClN2O2/c16-11-6-7-13-10(8-11)9-14(19)18(13)15(20)17-12-4-2-1-3-5-12/h1-8H,9H2,(H,17,20). The molecule has 0 atom stereocenters. The monoisotopic (exact) mass is 286 g/mol. The summed E-state index contributed by atoms with van der Waals surface area (Å²) in [6.45, 7) is 0. The molecule has 0 saturated carbocycles. The van der Waals surface area contributed by atoms with E-state index in [1.165, 1.54) is 0 Å². The third-order valence-corrected chi connectivity index (χ3v) is 3.34. The van der Waals surface area contributed by atoms with Gasteiger partial charge in [-0.2, -0.15) is 0 Å². The summed E-state index contributed by atoms with van der Waals surface area (Å²) in [5, 5.41) is 3.26. The summed E-state index contributed by atoms with van der Waals surface area (Å²) in [5.41, 5.74) is 2.01. The Morgan fingerprint density at radius 1 is 1.15 bits per heavy atom. The number of halogens is 1. The Balaban J connectivity index is 1.88. The molecule has 1 heterocycles. The van der Waals surface area contributed by atoms with Gasteiger partial charge in [0.25, 0.3) is 0 Å². The van der Waals surface area contributed by atoms with E-state index in [9.17, 15) is 9.59 Å². The SMILES string of the molecule is O=C1Cc2cc(Cl)ccc2N1C(=O)Nc1ccccc1. The van der Waals surface area contributed by atoms with Crippen LogP contribution in [0.5, 0.6) is 0 Å². The van der Waals surface area contributed by atoms with Crippen LogP contribution in [-0.4, -0.2) is 11.9 Å². The van der Waals surface area contributed by atoms with Gasteiger partial charge in [-0.3, -0.25) is 4.79 Å². The Morgan fingerprint density at radius 3 is 2.65 bits per heavy atom. The molecule has 0 bridgehead atoms. The highest BCUT2D eigenvalue weighted by Gasteiger charge is 2.32. The van der Waals surface area contributed by atoms with Crippen molar-refractivity contribution in [1.29, 1.82) is 0 Å². The van der Waals surface area contributed by atoms with Crippen LogP contribution in [0.25, 0.3) is 0 Å². The van der Waals surface area contributed by atoms with Gasteiger partial charge in [0.2, 0.25) is 5.91 Å². The molecule has 20 heavy (non-hydrogen) atoms. The van der Waals surface area contributed by atoms with Crippen molar-refractivity contribution in [1.82, 2.24) is 0 Å². The number of amides is 3. The number of carbonyl (C=O) groups is 2. The molecule has 2 aromatic carbocycles. The van der Waals surface area contributed by atoms with Crippen LogP contribution >= 0.6 is 11.6 Å². The van der Waals surface area contributed by atoms with E-state index in [0.717, 1.165) is 10.5 Å². The third kappa shape index (κ3) is 2.26. The summed E-state index contributed by atoms with van der Waals surface area (Å²) in [7, 11) is 0. The number of carbonyl (C=O) groups excluding carboxylic acids is 2. The van der Waals surface area contributed by atoms with Crippen LogP contribution in [0.15, 0.2) is 48.5 Å². The first-order valence-corrected chi connectivity index (χ1v) is 6.50. The lowest BCUT2D eigenvalue weighted by Gasteiger charge is -2.16. The second kappa shape index (κ2) is 4.98. The summed E-state index contributed by atoms with van der Waals surface area (Å²) in [6, 6.07) is 13.6. The Hall–Kier alpha value is -2.33. The quantitative estimate of drug-likeness (QED) is 0.873. The number of urea groups is 1. The largest absolute Gasteiger partial charge is 0.333 e. The van der Waals surface area contributed by atoms with Gasteiger partial charge in [0, 0.05) is 10.7 Å². The van der Waals surface area contributed by atoms with Gasteiger partial charge < -0.3 is 5.32 Å². The maximum atomic E-state index is 12.2. The molecule has 5 heteroatoms. The summed E-state index contributed by atoms with van der Waals surface area (Å²) in [6.07, 6.45) is 0.193. The molecule has 100 valence electrons. The summed E-state index contributed by atoms with van der Waals surface area (Å²) >= 11 is 5.90. The number of anilines is 2. The molecule has 3 amide bonds. The molecular formula is C15H11ClN2O2. The fourth-order valence-corrected chi connectivity index (χ4v) is 2.41. The first-order valence-electron chi connectivity index (χ1n) is 6.12. The average Bonchev–Trinajstić information content (AvgIpc) is 2.74. The normalized spacial score (nSPS) is 13.2. The van der Waals surface area contributed by atoms with Crippen LogP contribution in [0.4, 0.5) is 16.2 Å². The van der Waals surface area contributed by atoms with Crippen molar-refractivity contribution in [2.24, 2.45) is 0 Å². The van der Waals surface area contributed by atoms with Crippen molar-refractivity contribution in [3.63, 3.8) is 0 Å². The number of fused-ring (bicyclic) bond motifs is 1. The van der Waals surface area contributed by atoms with Crippen molar-refractivity contribution in [2.75, 3.05) is 10.2 Å². The van der Waals surface area contributed by atoms with Crippen LogP contribution in [0.3, 0.4) is 0 Å². The zero-order chi connectivity index (χ0) is 14.1. The van der Waals surface area contributed by atoms with E-state index >= 15 is 0 Å². The molecule has 0 saturated heterocycles. The highest BCUT2D eigenvalue weighted by molar-refractivity contribution is 6.31. The van der Waals surface area contributed by atoms with Crippen LogP contribution < -0.4 is 10.2 Å². The molecule has 1 aliphatic heterocycles. The maximum Gasteiger partial charge on any atom is 0.333 e. The first kappa shape index (κ1) is 12.7. The minimum Gasteiger partial charge on any atom is -0.307 e. The molecule has 3 rings (SSSR count). The van der Waals surface area contributed by atoms with Crippen molar-refractivity contribution < 1.29 is 9.59 Å². The zero-order valence-corrected chi connectivity index (χ0v) is 11.2. The fraction of sp³-hybridized carbons (Fsp3) is 0.0667. The van der Waals surface area contributed by atoms with Gasteiger partial charge in [-0.15, -0.1) is 0 Å². The Kier molecular flexibility index (Phi) is 3.16. The number of hydrogen-bond acceptors (Lipinski definition) is 2. The van der Waals surface area contributed by atoms with Gasteiger partial charge in [0.1, 0.15) is 0 Å². The topological polar surface area (TPSA) is 49.4 Å². The smallest absolute Gasteiger partial charge is 0.307 e. The van der Waals surface area contributed by atoms with Crippen LogP contribution in [-0.2, 0) is 11.2 Å². The van der Waals surface area contributed by atoms with Crippen molar-refractivity contribution in [2.45, 2.75) is 6.42 Å². The van der Waals surface area contributed by atoms with E-state index < -0.39 is 6.03 Å². The molecule has 1 N–H and O–H groups in total. The molecule has 0 aromatic heterocycles. The summed E-state index contributed by atoms with van der Waals surface area (Å²) in [5.74, 6) is -0.254. The number of hydrogen-bond donors (Lipinski definition) is 1. The lowest BCUT2D eigenvalue weighted by molar-refractivity contribution is -0.116. The second-order valence-electron chi connectivity index (χ2n) is 4.48. The van der Waals surface area contributed by atoms with Gasteiger partial charge in [-0.1, -0.05) is 29.8 Å². The number of benzene rings is 2. The average molecular weight is 287 g/mol. The van der Waals surface area contributed by atoms with Crippen LogP contribution in [0.1, 0.15) is 5.56 Å². The number of imide groups is 1. The summed E-state index contributed by atoms with van der Waals surface area (Å²) < 4.78 is 0. The first-order chi connectivity index (χ1) is 9.65. The maximum absolute atomic E-state index is 12.2. The van der Waals surface area contributed by atoms with Gasteiger partial charge in [-0.25, -0.2) is 9.69 Å². The molecule has 2 aromatic rings. The van der Waals surface area contributed by atoms with Gasteiger partial charge in [-0.05, 0) is 35.9 Å². The number of rotatable bonds is 1. The van der Waals surface area contributed by atoms with Crippen LogP contribution in [0.2, 0.25) is 5.02 Å². The lowest BCUT2D eigenvalue weighted by atomic mass is 10.2. The zero-order valence-electron chi connectivity index (χ0n) is 10.5. The molecular weight excluding hydrogens is 276 g/mol. The number of nitrogens with zero attached hydrogens (tertiary/aromatic N) is 1. The molecule has 4 nitrogen and oxygen atoms in total. The van der Waals surface area contributed by atoms with Gasteiger partial charge in [0.05, 0.1) is 12.1 Å². The van der Waals surface area contributed by atoms with Gasteiger partial charge in [0.15, 0.2) is 0 Å². The Bertz CT molecular complexity index is 686. The molecule has 0 fully saturated rings.